The standard InChI is InChI=1S/C9H13NO.C2H6/c1-3-9(11)10-8-5-4-7(2)6-8;1-2/h3-4,8H,1,5-6H2,2H3,(H,10,11);1-2H3. The fourth-order valence-corrected chi connectivity index (χ4v) is 1.27. The van der Waals surface area contributed by atoms with Gasteiger partial charge in [-0.05, 0) is 25.8 Å². The second-order valence-electron chi connectivity index (χ2n) is 2.90. The van der Waals surface area contributed by atoms with E-state index in [9.17, 15) is 4.79 Å². The Kier molecular flexibility index (Phi) is 5.94. The zero-order valence-corrected chi connectivity index (χ0v) is 8.76. The Balaban J connectivity index is 0.000000671. The summed E-state index contributed by atoms with van der Waals surface area (Å²) < 4.78 is 0. The van der Waals surface area contributed by atoms with Crippen molar-refractivity contribution < 1.29 is 4.79 Å². The first kappa shape index (κ1) is 11.9. The monoisotopic (exact) mass is 181 g/mol. The number of hydrogen-bond acceptors (Lipinski definition) is 1. The molecule has 0 saturated carbocycles. The molecule has 1 N–H and O–H groups in total. The molecule has 0 saturated heterocycles. The number of nitrogens with one attached hydrogen (secondary N) is 1. The Morgan fingerprint density at radius 2 is 2.31 bits per heavy atom. The van der Waals surface area contributed by atoms with E-state index in [4.69, 9.17) is 0 Å². The highest BCUT2D eigenvalue weighted by atomic mass is 16.1. The summed E-state index contributed by atoms with van der Waals surface area (Å²) in [5.41, 5.74) is 1.36. The van der Waals surface area contributed by atoms with Gasteiger partial charge in [0.25, 0.3) is 0 Å². The van der Waals surface area contributed by atoms with Gasteiger partial charge >= 0.3 is 0 Å². The van der Waals surface area contributed by atoms with E-state index in [1.165, 1.54) is 11.6 Å². The minimum atomic E-state index is -0.0712. The van der Waals surface area contributed by atoms with Crippen molar-refractivity contribution >= 4 is 5.91 Å². The molecule has 0 heterocycles. The molecule has 2 nitrogen and oxygen atoms in total. The fraction of sp³-hybridized carbons (Fsp3) is 0.545. The lowest BCUT2D eigenvalue weighted by Gasteiger charge is -2.09. The van der Waals surface area contributed by atoms with E-state index < -0.39 is 0 Å². The number of carbonyl (C=O) groups excluding carboxylic acids is 1. The van der Waals surface area contributed by atoms with Crippen molar-refractivity contribution in [3.8, 4) is 0 Å². The van der Waals surface area contributed by atoms with Gasteiger partial charge in [-0.15, -0.1) is 0 Å². The molecule has 0 aliphatic heterocycles. The molecule has 0 aromatic heterocycles. The second kappa shape index (κ2) is 6.46. The van der Waals surface area contributed by atoms with Crippen molar-refractivity contribution in [2.24, 2.45) is 0 Å². The first-order valence-electron chi connectivity index (χ1n) is 4.81. The minimum absolute atomic E-state index is 0.0712. The molecule has 1 atom stereocenters. The summed E-state index contributed by atoms with van der Waals surface area (Å²) in [4.78, 5) is 10.8. The molecule has 1 rings (SSSR count). The van der Waals surface area contributed by atoms with Crippen molar-refractivity contribution in [3.63, 3.8) is 0 Å². The number of carbonyl (C=O) groups is 1. The van der Waals surface area contributed by atoms with Gasteiger partial charge < -0.3 is 5.32 Å². The largest absolute Gasteiger partial charge is 0.349 e. The summed E-state index contributed by atoms with van der Waals surface area (Å²) in [6.07, 6.45) is 5.42. The SMILES string of the molecule is C=CC(=O)NC1CC=C(C)C1.CC. The molecule has 0 fully saturated rings. The highest BCUT2D eigenvalue weighted by Gasteiger charge is 2.14. The van der Waals surface area contributed by atoms with Gasteiger partial charge in [0.15, 0.2) is 0 Å². The molecule has 0 radical (unpaired) electrons. The molecule has 0 aromatic rings. The second-order valence-corrected chi connectivity index (χ2v) is 2.90. The average Bonchev–Trinajstić information content (AvgIpc) is 2.54. The Labute approximate surface area is 80.7 Å². The molecular weight excluding hydrogens is 162 g/mol. The van der Waals surface area contributed by atoms with Gasteiger partial charge in [-0.25, -0.2) is 0 Å². The van der Waals surface area contributed by atoms with Gasteiger partial charge in [0.2, 0.25) is 5.91 Å². The van der Waals surface area contributed by atoms with Crippen molar-refractivity contribution in [3.05, 3.63) is 24.3 Å². The topological polar surface area (TPSA) is 29.1 Å². The lowest BCUT2D eigenvalue weighted by atomic mass is 10.2. The zero-order chi connectivity index (χ0) is 10.3. The summed E-state index contributed by atoms with van der Waals surface area (Å²) in [5, 5.41) is 2.85. The first-order valence-corrected chi connectivity index (χ1v) is 4.81. The third-order valence-electron chi connectivity index (χ3n) is 1.85. The molecular formula is C11H19NO. The smallest absolute Gasteiger partial charge is 0.243 e. The Hall–Kier alpha value is -1.05. The van der Waals surface area contributed by atoms with Crippen LogP contribution < -0.4 is 5.32 Å². The molecule has 0 spiro atoms. The predicted octanol–water partition coefficient (Wildman–Crippen LogP) is 2.42. The molecule has 1 amide bonds. The number of hydrogen-bond donors (Lipinski definition) is 1. The summed E-state index contributed by atoms with van der Waals surface area (Å²) >= 11 is 0. The highest BCUT2D eigenvalue weighted by Crippen LogP contribution is 2.17. The van der Waals surface area contributed by atoms with Crippen LogP contribution in [0.5, 0.6) is 0 Å². The highest BCUT2D eigenvalue weighted by molar-refractivity contribution is 5.87. The zero-order valence-electron chi connectivity index (χ0n) is 8.76. The van der Waals surface area contributed by atoms with Crippen LogP contribution in [0, 0.1) is 0 Å². The normalized spacial score (nSPS) is 19.6. The molecule has 0 bridgehead atoms. The Morgan fingerprint density at radius 3 is 2.69 bits per heavy atom. The van der Waals surface area contributed by atoms with E-state index in [1.807, 2.05) is 13.8 Å². The molecule has 1 unspecified atom stereocenters. The van der Waals surface area contributed by atoms with Gasteiger partial charge in [-0.1, -0.05) is 32.1 Å². The van der Waals surface area contributed by atoms with Gasteiger partial charge in [-0.2, -0.15) is 0 Å². The van der Waals surface area contributed by atoms with Crippen molar-refractivity contribution in [1.29, 1.82) is 0 Å². The van der Waals surface area contributed by atoms with E-state index in [-0.39, 0.29) is 5.91 Å². The number of rotatable bonds is 2. The molecule has 1 aliphatic rings. The summed E-state index contributed by atoms with van der Waals surface area (Å²) in [6, 6.07) is 0.306. The van der Waals surface area contributed by atoms with Crippen LogP contribution in [0.2, 0.25) is 0 Å². The maximum absolute atomic E-state index is 10.8. The summed E-state index contributed by atoms with van der Waals surface area (Å²) in [7, 11) is 0. The van der Waals surface area contributed by atoms with Gasteiger partial charge in [-0.3, -0.25) is 4.79 Å². The fourth-order valence-electron chi connectivity index (χ4n) is 1.27. The van der Waals surface area contributed by atoms with Gasteiger partial charge in [0, 0.05) is 6.04 Å². The average molecular weight is 181 g/mol. The predicted molar refractivity (Wildman–Crippen MR) is 56.5 cm³/mol. The minimum Gasteiger partial charge on any atom is -0.349 e. The molecule has 1 aliphatic carbocycles. The van der Waals surface area contributed by atoms with Crippen LogP contribution in [0.1, 0.15) is 33.6 Å². The van der Waals surface area contributed by atoms with E-state index in [1.54, 1.807) is 0 Å². The summed E-state index contributed by atoms with van der Waals surface area (Å²) in [5.74, 6) is -0.0712. The maximum Gasteiger partial charge on any atom is 0.243 e. The molecule has 0 aromatic carbocycles. The molecule has 2 heteroatoms. The van der Waals surface area contributed by atoms with Crippen molar-refractivity contribution in [1.82, 2.24) is 5.32 Å². The maximum atomic E-state index is 10.8. The van der Waals surface area contributed by atoms with E-state index in [2.05, 4.69) is 24.9 Å². The van der Waals surface area contributed by atoms with Gasteiger partial charge in [0.1, 0.15) is 0 Å². The van der Waals surface area contributed by atoms with Crippen molar-refractivity contribution in [2.75, 3.05) is 0 Å². The third kappa shape index (κ3) is 4.51. The van der Waals surface area contributed by atoms with Crippen LogP contribution in [0.3, 0.4) is 0 Å². The van der Waals surface area contributed by atoms with Crippen molar-refractivity contribution in [2.45, 2.75) is 39.7 Å². The van der Waals surface area contributed by atoms with Crippen LogP contribution in [0.4, 0.5) is 0 Å². The molecule has 74 valence electrons. The van der Waals surface area contributed by atoms with E-state index in [0.717, 1.165) is 12.8 Å². The molecule has 13 heavy (non-hydrogen) atoms. The van der Waals surface area contributed by atoms with Crippen LogP contribution in [0.25, 0.3) is 0 Å². The third-order valence-corrected chi connectivity index (χ3v) is 1.85. The summed E-state index contributed by atoms with van der Waals surface area (Å²) in [6.45, 7) is 9.48. The van der Waals surface area contributed by atoms with Crippen LogP contribution in [0.15, 0.2) is 24.3 Å². The van der Waals surface area contributed by atoms with Crippen LogP contribution in [-0.4, -0.2) is 11.9 Å². The van der Waals surface area contributed by atoms with Crippen LogP contribution >= 0.6 is 0 Å². The Bertz CT molecular complexity index is 206. The Morgan fingerprint density at radius 1 is 1.69 bits per heavy atom. The number of amides is 1. The van der Waals surface area contributed by atoms with Crippen LogP contribution in [-0.2, 0) is 4.79 Å². The first-order chi connectivity index (χ1) is 6.22. The van der Waals surface area contributed by atoms with E-state index in [0.29, 0.717) is 6.04 Å². The lowest BCUT2D eigenvalue weighted by Crippen LogP contribution is -2.31. The quantitative estimate of drug-likeness (QED) is 0.514. The van der Waals surface area contributed by atoms with Gasteiger partial charge in [0.05, 0.1) is 0 Å². The van der Waals surface area contributed by atoms with E-state index >= 15 is 0 Å². The lowest BCUT2D eigenvalue weighted by molar-refractivity contribution is -0.117.